The highest BCUT2D eigenvalue weighted by molar-refractivity contribution is 5.36. The molecule has 0 saturated carbocycles. The summed E-state index contributed by atoms with van der Waals surface area (Å²) >= 11 is 0. The summed E-state index contributed by atoms with van der Waals surface area (Å²) in [6, 6.07) is 7.56. The van der Waals surface area contributed by atoms with Gasteiger partial charge in [0.2, 0.25) is 0 Å². The van der Waals surface area contributed by atoms with Crippen molar-refractivity contribution in [3.63, 3.8) is 0 Å². The van der Waals surface area contributed by atoms with Crippen molar-refractivity contribution >= 4 is 0 Å². The highest BCUT2D eigenvalue weighted by Crippen LogP contribution is 2.32. The molecule has 1 aromatic carbocycles. The fourth-order valence-electron chi connectivity index (χ4n) is 3.66. The van der Waals surface area contributed by atoms with Crippen LogP contribution in [0.15, 0.2) is 18.2 Å². The third-order valence-corrected chi connectivity index (χ3v) is 4.50. The average Bonchev–Trinajstić information content (AvgIpc) is 2.81. The number of likely N-dealkylation sites (N-methyl/N-ethyl adjacent to an activating group) is 1. The predicted molar refractivity (Wildman–Crippen MR) is 86.0 cm³/mol. The van der Waals surface area contributed by atoms with E-state index in [1.807, 2.05) is 0 Å². The Hall–Kier alpha value is -0.900. The van der Waals surface area contributed by atoms with Crippen LogP contribution in [0.3, 0.4) is 0 Å². The fourth-order valence-corrected chi connectivity index (χ4v) is 3.66. The number of benzene rings is 1. The van der Waals surface area contributed by atoms with Crippen molar-refractivity contribution in [2.75, 3.05) is 33.7 Å². The van der Waals surface area contributed by atoms with Crippen molar-refractivity contribution in [1.29, 1.82) is 0 Å². The van der Waals surface area contributed by atoms with Gasteiger partial charge in [-0.1, -0.05) is 18.2 Å². The molecule has 20 heavy (non-hydrogen) atoms. The molecule has 2 rings (SSSR count). The molecular weight excluding hydrogens is 246 g/mol. The molecule has 1 aliphatic heterocycles. The maximum Gasteiger partial charge on any atom is 0.0479 e. The van der Waals surface area contributed by atoms with E-state index in [-0.39, 0.29) is 0 Å². The number of likely N-dealkylation sites (tertiary alicyclic amines) is 1. The van der Waals surface area contributed by atoms with Gasteiger partial charge in [0.1, 0.15) is 0 Å². The molecule has 0 aliphatic carbocycles. The van der Waals surface area contributed by atoms with Crippen molar-refractivity contribution < 1.29 is 0 Å². The van der Waals surface area contributed by atoms with Crippen LogP contribution in [0.2, 0.25) is 0 Å². The summed E-state index contributed by atoms with van der Waals surface area (Å²) in [5.74, 6) is 0. The second-order valence-corrected chi connectivity index (χ2v) is 6.35. The molecule has 112 valence electrons. The van der Waals surface area contributed by atoms with Gasteiger partial charge in [0, 0.05) is 25.2 Å². The molecule has 0 bridgehead atoms. The topological polar surface area (TPSA) is 32.5 Å². The lowest BCUT2D eigenvalue weighted by molar-refractivity contribution is 0.155. The highest BCUT2D eigenvalue weighted by atomic mass is 15.2. The SMILES string of the molecule is Cc1cccc(C)c1C(CN)N1CCCC1CN(C)C. The maximum absolute atomic E-state index is 6.16. The molecule has 0 spiro atoms. The number of nitrogens with zero attached hydrogens (tertiary/aromatic N) is 2. The summed E-state index contributed by atoms with van der Waals surface area (Å²) < 4.78 is 0. The molecule has 3 heteroatoms. The van der Waals surface area contributed by atoms with E-state index in [0.717, 1.165) is 6.54 Å². The molecule has 0 amide bonds. The minimum atomic E-state index is 0.364. The Bertz CT molecular complexity index is 422. The van der Waals surface area contributed by atoms with Crippen LogP contribution < -0.4 is 5.73 Å². The van der Waals surface area contributed by atoms with E-state index in [9.17, 15) is 0 Å². The van der Waals surface area contributed by atoms with Gasteiger partial charge in [-0.3, -0.25) is 4.90 Å². The summed E-state index contributed by atoms with van der Waals surface area (Å²) in [7, 11) is 4.32. The lowest BCUT2D eigenvalue weighted by Crippen LogP contribution is -2.42. The third-order valence-electron chi connectivity index (χ3n) is 4.50. The normalized spacial score (nSPS) is 21.6. The first kappa shape index (κ1) is 15.5. The van der Waals surface area contributed by atoms with Crippen LogP contribution >= 0.6 is 0 Å². The largest absolute Gasteiger partial charge is 0.329 e. The lowest BCUT2D eigenvalue weighted by Gasteiger charge is -2.35. The van der Waals surface area contributed by atoms with Crippen molar-refractivity contribution in [1.82, 2.24) is 9.80 Å². The second-order valence-electron chi connectivity index (χ2n) is 6.35. The minimum absolute atomic E-state index is 0.364. The fraction of sp³-hybridized carbons (Fsp3) is 0.647. The van der Waals surface area contributed by atoms with Crippen LogP contribution in [-0.2, 0) is 0 Å². The average molecular weight is 275 g/mol. The first-order valence-electron chi connectivity index (χ1n) is 7.71. The van der Waals surface area contributed by atoms with Gasteiger partial charge in [0.05, 0.1) is 0 Å². The van der Waals surface area contributed by atoms with Gasteiger partial charge in [0.25, 0.3) is 0 Å². The zero-order valence-electron chi connectivity index (χ0n) is 13.4. The first-order chi connectivity index (χ1) is 9.54. The summed E-state index contributed by atoms with van der Waals surface area (Å²) in [6.45, 7) is 7.43. The van der Waals surface area contributed by atoms with Gasteiger partial charge >= 0.3 is 0 Å². The predicted octanol–water partition coefficient (Wildman–Crippen LogP) is 2.33. The molecule has 0 aromatic heterocycles. The second kappa shape index (κ2) is 6.70. The molecule has 2 atom stereocenters. The first-order valence-corrected chi connectivity index (χ1v) is 7.71. The van der Waals surface area contributed by atoms with Gasteiger partial charge in [-0.05, 0) is 64.0 Å². The molecule has 2 unspecified atom stereocenters. The van der Waals surface area contributed by atoms with Crippen molar-refractivity contribution in [3.8, 4) is 0 Å². The van der Waals surface area contributed by atoms with Crippen molar-refractivity contribution in [2.45, 2.75) is 38.8 Å². The van der Waals surface area contributed by atoms with E-state index in [1.54, 1.807) is 0 Å². The molecular formula is C17H29N3. The standard InChI is InChI=1S/C17H29N3/c1-13-7-5-8-14(2)17(13)16(11-18)20-10-6-9-15(20)12-19(3)4/h5,7-8,15-16H,6,9-12,18H2,1-4H3. The number of hydrogen-bond acceptors (Lipinski definition) is 3. The Morgan fingerprint density at radius 3 is 2.50 bits per heavy atom. The number of hydrogen-bond donors (Lipinski definition) is 1. The molecule has 0 radical (unpaired) electrons. The summed E-state index contributed by atoms with van der Waals surface area (Å²) in [6.07, 6.45) is 2.58. The Kier molecular flexibility index (Phi) is 5.19. The summed E-state index contributed by atoms with van der Waals surface area (Å²) in [5.41, 5.74) is 10.3. The third kappa shape index (κ3) is 3.22. The Morgan fingerprint density at radius 1 is 1.30 bits per heavy atom. The van der Waals surface area contributed by atoms with Crippen LogP contribution in [0.5, 0.6) is 0 Å². The van der Waals surface area contributed by atoms with Crippen LogP contribution in [-0.4, -0.2) is 49.6 Å². The minimum Gasteiger partial charge on any atom is -0.329 e. The van der Waals surface area contributed by atoms with E-state index < -0.39 is 0 Å². The van der Waals surface area contributed by atoms with Gasteiger partial charge in [-0.25, -0.2) is 0 Å². The summed E-state index contributed by atoms with van der Waals surface area (Å²) in [4.78, 5) is 4.93. The van der Waals surface area contributed by atoms with Crippen LogP contribution in [0, 0.1) is 13.8 Å². The van der Waals surface area contributed by atoms with Gasteiger partial charge < -0.3 is 10.6 Å². The van der Waals surface area contributed by atoms with E-state index in [4.69, 9.17) is 5.73 Å². The zero-order valence-corrected chi connectivity index (χ0v) is 13.4. The van der Waals surface area contributed by atoms with Gasteiger partial charge in [-0.15, -0.1) is 0 Å². The van der Waals surface area contributed by atoms with Crippen molar-refractivity contribution in [3.05, 3.63) is 34.9 Å². The number of aryl methyl sites for hydroxylation is 2. The molecule has 1 saturated heterocycles. The van der Waals surface area contributed by atoms with E-state index in [1.165, 1.54) is 36.1 Å². The maximum atomic E-state index is 6.16. The Labute approximate surface area is 123 Å². The quantitative estimate of drug-likeness (QED) is 0.895. The van der Waals surface area contributed by atoms with Gasteiger partial charge in [0.15, 0.2) is 0 Å². The number of rotatable bonds is 5. The molecule has 3 nitrogen and oxygen atoms in total. The molecule has 1 heterocycles. The van der Waals surface area contributed by atoms with Crippen LogP contribution in [0.4, 0.5) is 0 Å². The monoisotopic (exact) mass is 275 g/mol. The molecule has 1 fully saturated rings. The van der Waals surface area contributed by atoms with Crippen LogP contribution in [0.1, 0.15) is 35.6 Å². The summed E-state index contributed by atoms with van der Waals surface area (Å²) in [5, 5.41) is 0. The van der Waals surface area contributed by atoms with E-state index in [2.05, 4.69) is 55.9 Å². The lowest BCUT2D eigenvalue weighted by atomic mass is 9.94. The number of nitrogens with two attached hydrogens (primary N) is 1. The molecule has 1 aliphatic rings. The van der Waals surface area contributed by atoms with Crippen molar-refractivity contribution in [2.24, 2.45) is 5.73 Å². The van der Waals surface area contributed by atoms with E-state index in [0.29, 0.717) is 18.6 Å². The Morgan fingerprint density at radius 2 is 1.95 bits per heavy atom. The van der Waals surface area contributed by atoms with Crippen LogP contribution in [0.25, 0.3) is 0 Å². The zero-order chi connectivity index (χ0) is 14.7. The van der Waals surface area contributed by atoms with Gasteiger partial charge in [-0.2, -0.15) is 0 Å². The molecule has 1 aromatic rings. The highest BCUT2D eigenvalue weighted by Gasteiger charge is 2.32. The smallest absolute Gasteiger partial charge is 0.0479 e. The van der Waals surface area contributed by atoms with E-state index >= 15 is 0 Å². The molecule has 2 N–H and O–H groups in total. The Balaban J connectivity index is 2.27.